The number of aryl methyl sites for hydroxylation is 2. The molecule has 0 fully saturated rings. The van der Waals surface area contributed by atoms with E-state index in [9.17, 15) is 13.2 Å². The Morgan fingerprint density at radius 1 is 1.04 bits per heavy atom. The molecule has 1 aromatic heterocycles. The maximum Gasteiger partial charge on any atom is 0.251 e. The molecule has 0 bridgehead atoms. The monoisotopic (exact) mass is 370 g/mol. The van der Waals surface area contributed by atoms with E-state index in [0.717, 1.165) is 28.5 Å². The predicted octanol–water partition coefficient (Wildman–Crippen LogP) is 2.92. The van der Waals surface area contributed by atoms with Gasteiger partial charge >= 0.3 is 0 Å². The highest BCUT2D eigenvalue weighted by Gasteiger charge is 2.13. The van der Waals surface area contributed by atoms with Crippen molar-refractivity contribution < 1.29 is 8.42 Å². The fourth-order valence-electron chi connectivity index (χ4n) is 2.85. The fourth-order valence-corrected chi connectivity index (χ4v) is 3.89. The number of aromatic amines is 1. The van der Waals surface area contributed by atoms with Crippen LogP contribution < -0.4 is 10.3 Å². The van der Waals surface area contributed by atoms with Gasteiger partial charge in [0.15, 0.2) is 0 Å². The molecule has 0 atom stereocenters. The van der Waals surface area contributed by atoms with Crippen molar-refractivity contribution >= 4 is 20.9 Å². The molecule has 6 heteroatoms. The molecule has 0 radical (unpaired) electrons. The number of hydrogen-bond acceptors (Lipinski definition) is 3. The van der Waals surface area contributed by atoms with Crippen LogP contribution in [0.2, 0.25) is 0 Å². The second-order valence-electron chi connectivity index (χ2n) is 6.36. The first-order valence-electron chi connectivity index (χ1n) is 8.60. The van der Waals surface area contributed by atoms with Gasteiger partial charge in [-0.3, -0.25) is 4.79 Å². The van der Waals surface area contributed by atoms with E-state index in [1.54, 1.807) is 12.1 Å². The van der Waals surface area contributed by atoms with Crippen LogP contribution in [0.4, 0.5) is 0 Å². The Hall–Kier alpha value is -2.44. The van der Waals surface area contributed by atoms with Gasteiger partial charge in [0.25, 0.3) is 5.56 Å². The van der Waals surface area contributed by atoms with Gasteiger partial charge in [-0.2, -0.15) is 0 Å². The molecule has 1 heterocycles. The zero-order valence-corrected chi connectivity index (χ0v) is 15.7. The number of hydrogen-bond donors (Lipinski definition) is 2. The molecule has 0 aliphatic rings. The zero-order chi connectivity index (χ0) is 18.7. The molecule has 0 aliphatic heterocycles. The van der Waals surface area contributed by atoms with Crippen LogP contribution in [0.1, 0.15) is 23.6 Å². The van der Waals surface area contributed by atoms with Crippen LogP contribution in [0.5, 0.6) is 0 Å². The fraction of sp³-hybridized carbons (Fsp3) is 0.250. The quantitative estimate of drug-likeness (QED) is 0.700. The minimum atomic E-state index is -3.58. The van der Waals surface area contributed by atoms with Gasteiger partial charge in [0, 0.05) is 17.6 Å². The van der Waals surface area contributed by atoms with E-state index in [1.165, 1.54) is 0 Å². The first-order valence-corrected chi connectivity index (χ1v) is 10.1. The Morgan fingerprint density at radius 3 is 2.46 bits per heavy atom. The number of aromatic nitrogens is 1. The third-order valence-electron chi connectivity index (χ3n) is 4.41. The Bertz CT molecular complexity index is 1080. The molecule has 0 spiro atoms. The van der Waals surface area contributed by atoms with Crippen molar-refractivity contribution in [2.75, 3.05) is 6.54 Å². The normalized spacial score (nSPS) is 11.8. The molecule has 0 amide bonds. The lowest BCUT2D eigenvalue weighted by molar-refractivity contribution is 0.581. The second kappa shape index (κ2) is 7.43. The lowest BCUT2D eigenvalue weighted by Gasteiger charge is -2.08. The van der Waals surface area contributed by atoms with Crippen LogP contribution >= 0.6 is 0 Å². The molecule has 3 rings (SSSR count). The van der Waals surface area contributed by atoms with E-state index in [1.807, 2.05) is 50.2 Å². The van der Waals surface area contributed by atoms with Gasteiger partial charge in [-0.1, -0.05) is 31.2 Å². The molecule has 2 aromatic carbocycles. The van der Waals surface area contributed by atoms with Gasteiger partial charge in [0.2, 0.25) is 10.0 Å². The second-order valence-corrected chi connectivity index (χ2v) is 8.13. The summed E-state index contributed by atoms with van der Waals surface area (Å²) >= 11 is 0. The molecule has 3 aromatic rings. The molecule has 0 aliphatic carbocycles. The number of fused-ring (bicyclic) bond motifs is 1. The van der Waals surface area contributed by atoms with E-state index in [-0.39, 0.29) is 17.0 Å². The summed E-state index contributed by atoms with van der Waals surface area (Å²) in [6.45, 7) is 4.15. The summed E-state index contributed by atoms with van der Waals surface area (Å²) in [5.41, 5.74) is 3.32. The topological polar surface area (TPSA) is 79.0 Å². The first-order chi connectivity index (χ1) is 12.4. The number of benzene rings is 2. The van der Waals surface area contributed by atoms with Gasteiger partial charge in [0.1, 0.15) is 0 Å². The minimum absolute atomic E-state index is 0.165. The summed E-state index contributed by atoms with van der Waals surface area (Å²) in [5.74, 6) is 0. The van der Waals surface area contributed by atoms with Crippen molar-refractivity contribution in [2.45, 2.75) is 31.6 Å². The summed E-state index contributed by atoms with van der Waals surface area (Å²) in [6, 6.07) is 14.5. The van der Waals surface area contributed by atoms with Crippen molar-refractivity contribution in [1.82, 2.24) is 9.71 Å². The molecule has 0 unspecified atom stereocenters. The summed E-state index contributed by atoms with van der Waals surface area (Å²) in [6.07, 6.45) is 1.18. The van der Waals surface area contributed by atoms with Gasteiger partial charge in [0.05, 0.1) is 4.90 Å². The maximum atomic E-state index is 12.4. The van der Waals surface area contributed by atoms with Crippen molar-refractivity contribution in [3.05, 3.63) is 75.6 Å². The average molecular weight is 370 g/mol. The van der Waals surface area contributed by atoms with Crippen LogP contribution in [0.15, 0.2) is 58.2 Å². The standard InChI is InChI=1S/C20H22N2O3S/c1-3-15-5-8-18(9-6-15)26(24,25)21-11-10-17-13-16-7-4-14(2)12-19(16)22-20(17)23/h4-9,12-13,21H,3,10-11H2,1-2H3,(H,22,23). The van der Waals surface area contributed by atoms with Crippen molar-refractivity contribution in [3.63, 3.8) is 0 Å². The van der Waals surface area contributed by atoms with E-state index in [0.29, 0.717) is 12.0 Å². The van der Waals surface area contributed by atoms with Crippen molar-refractivity contribution in [2.24, 2.45) is 0 Å². The van der Waals surface area contributed by atoms with Gasteiger partial charge < -0.3 is 4.98 Å². The molecule has 136 valence electrons. The van der Waals surface area contributed by atoms with E-state index in [4.69, 9.17) is 0 Å². The zero-order valence-electron chi connectivity index (χ0n) is 14.9. The van der Waals surface area contributed by atoms with E-state index in [2.05, 4.69) is 9.71 Å². The molecule has 26 heavy (non-hydrogen) atoms. The highest BCUT2D eigenvalue weighted by atomic mass is 32.2. The summed E-state index contributed by atoms with van der Waals surface area (Å²) in [4.78, 5) is 15.3. The van der Waals surface area contributed by atoms with Crippen molar-refractivity contribution in [3.8, 4) is 0 Å². The number of H-pyrrole nitrogens is 1. The van der Waals surface area contributed by atoms with Crippen LogP contribution in [-0.2, 0) is 22.9 Å². The molecule has 0 saturated carbocycles. The molecule has 2 N–H and O–H groups in total. The number of rotatable bonds is 6. The Labute approximate surface area is 153 Å². The Morgan fingerprint density at radius 2 is 1.77 bits per heavy atom. The summed E-state index contributed by atoms with van der Waals surface area (Å²) in [7, 11) is -3.58. The Balaban J connectivity index is 1.72. The number of nitrogens with one attached hydrogen (secondary N) is 2. The van der Waals surface area contributed by atoms with Gasteiger partial charge in [-0.15, -0.1) is 0 Å². The van der Waals surface area contributed by atoms with E-state index >= 15 is 0 Å². The first kappa shape index (κ1) is 18.4. The smallest absolute Gasteiger partial charge is 0.251 e. The Kier molecular flexibility index (Phi) is 5.25. The average Bonchev–Trinajstić information content (AvgIpc) is 2.62. The van der Waals surface area contributed by atoms with Crippen LogP contribution in [0.3, 0.4) is 0 Å². The van der Waals surface area contributed by atoms with Crippen LogP contribution in [0.25, 0.3) is 10.9 Å². The van der Waals surface area contributed by atoms with Crippen LogP contribution in [-0.4, -0.2) is 19.9 Å². The minimum Gasteiger partial charge on any atom is -0.322 e. The van der Waals surface area contributed by atoms with Crippen LogP contribution in [0, 0.1) is 6.92 Å². The summed E-state index contributed by atoms with van der Waals surface area (Å²) in [5, 5.41) is 0.934. The van der Waals surface area contributed by atoms with E-state index < -0.39 is 10.0 Å². The SMILES string of the molecule is CCc1ccc(S(=O)(=O)NCCc2cc3ccc(C)cc3[nH]c2=O)cc1. The molecule has 5 nitrogen and oxygen atoms in total. The third kappa shape index (κ3) is 4.03. The predicted molar refractivity (Wildman–Crippen MR) is 104 cm³/mol. The molecular weight excluding hydrogens is 348 g/mol. The third-order valence-corrected chi connectivity index (χ3v) is 5.88. The van der Waals surface area contributed by atoms with Gasteiger partial charge in [-0.25, -0.2) is 13.1 Å². The molecular formula is C20H22N2O3S. The highest BCUT2D eigenvalue weighted by molar-refractivity contribution is 7.89. The van der Waals surface area contributed by atoms with Crippen molar-refractivity contribution in [1.29, 1.82) is 0 Å². The molecule has 0 saturated heterocycles. The number of pyridine rings is 1. The largest absolute Gasteiger partial charge is 0.322 e. The maximum absolute atomic E-state index is 12.4. The number of sulfonamides is 1. The highest BCUT2D eigenvalue weighted by Crippen LogP contribution is 2.14. The lowest BCUT2D eigenvalue weighted by Crippen LogP contribution is -2.27. The lowest BCUT2D eigenvalue weighted by atomic mass is 10.1. The van der Waals surface area contributed by atoms with Gasteiger partial charge in [-0.05, 0) is 60.5 Å². The summed E-state index contributed by atoms with van der Waals surface area (Å²) < 4.78 is 27.3.